The summed E-state index contributed by atoms with van der Waals surface area (Å²) in [5.41, 5.74) is 0.172. The average Bonchev–Trinajstić information content (AvgIpc) is 2.57. The van der Waals surface area contributed by atoms with Crippen molar-refractivity contribution in [1.29, 1.82) is 0 Å². The lowest BCUT2D eigenvalue weighted by atomic mass is 10.2. The molecule has 1 fully saturated rings. The van der Waals surface area contributed by atoms with E-state index in [1.165, 1.54) is 7.11 Å². The third kappa shape index (κ3) is 4.54. The number of nitrogens with zero attached hydrogens (tertiary/aromatic N) is 1. The van der Waals surface area contributed by atoms with Crippen LogP contribution in [-0.4, -0.2) is 50.6 Å². The predicted molar refractivity (Wildman–Crippen MR) is 93.6 cm³/mol. The van der Waals surface area contributed by atoms with Gasteiger partial charge in [0, 0.05) is 6.42 Å². The van der Waals surface area contributed by atoms with Crippen LogP contribution in [0.1, 0.15) is 36.5 Å². The Kier molecular flexibility index (Phi) is 7.16. The predicted octanol–water partition coefficient (Wildman–Crippen LogP) is 4.11. The third-order valence-corrected chi connectivity index (χ3v) is 4.81. The topological polar surface area (TPSA) is 44.8 Å². The van der Waals surface area contributed by atoms with Crippen molar-refractivity contribution in [2.45, 2.75) is 26.2 Å². The van der Waals surface area contributed by atoms with Gasteiger partial charge in [-0.3, -0.25) is 4.84 Å². The first kappa shape index (κ1) is 19.3. The van der Waals surface area contributed by atoms with Gasteiger partial charge in [0.05, 0.1) is 30.4 Å². The molecule has 0 radical (unpaired) electrons. The minimum absolute atomic E-state index is 0.172. The summed E-state index contributed by atoms with van der Waals surface area (Å²) in [5, 5.41) is 0.592. The van der Waals surface area contributed by atoms with Gasteiger partial charge < -0.3 is 9.47 Å². The standard InChI is InChI=1S/C17H24Cl2NO4/c1-3-4-5-8-20(9-11-23-12-10-20)24-17(21)15-13(18)6-7-14(19)16(15)22-2/h6-7H,3-5,8-12H2,1-2H3/q+1. The number of hydroxylamine groups is 3. The molecule has 0 amide bonds. The summed E-state index contributed by atoms with van der Waals surface area (Å²) in [6, 6.07) is 3.17. The van der Waals surface area contributed by atoms with E-state index in [0.29, 0.717) is 31.3 Å². The van der Waals surface area contributed by atoms with Crippen LogP contribution in [-0.2, 0) is 9.57 Å². The molecule has 2 rings (SSSR count). The van der Waals surface area contributed by atoms with Crippen molar-refractivity contribution in [1.82, 2.24) is 0 Å². The number of ether oxygens (including phenoxy) is 2. The van der Waals surface area contributed by atoms with Crippen LogP contribution in [0.25, 0.3) is 0 Å². The first-order valence-corrected chi connectivity index (χ1v) is 8.98. The van der Waals surface area contributed by atoms with Gasteiger partial charge in [-0.1, -0.05) is 36.5 Å². The Balaban J connectivity index is 2.23. The van der Waals surface area contributed by atoms with Gasteiger partial charge in [0.15, 0.2) is 5.75 Å². The minimum atomic E-state index is -0.516. The van der Waals surface area contributed by atoms with Crippen LogP contribution in [0.2, 0.25) is 10.0 Å². The summed E-state index contributed by atoms with van der Waals surface area (Å²) < 4.78 is 10.9. The number of quaternary nitrogens is 1. The van der Waals surface area contributed by atoms with Gasteiger partial charge in [-0.25, -0.2) is 4.79 Å². The molecule has 0 bridgehead atoms. The van der Waals surface area contributed by atoms with Crippen molar-refractivity contribution in [3.05, 3.63) is 27.7 Å². The van der Waals surface area contributed by atoms with Gasteiger partial charge >= 0.3 is 5.97 Å². The lowest BCUT2D eigenvalue weighted by molar-refractivity contribution is -1.09. The lowest BCUT2D eigenvalue weighted by Crippen LogP contribution is -2.56. The maximum absolute atomic E-state index is 12.8. The summed E-state index contributed by atoms with van der Waals surface area (Å²) in [5.74, 6) is -0.271. The highest BCUT2D eigenvalue weighted by Gasteiger charge is 2.37. The third-order valence-electron chi connectivity index (χ3n) is 4.20. The molecular formula is C17H24Cl2NO4+. The minimum Gasteiger partial charge on any atom is -0.494 e. The zero-order valence-corrected chi connectivity index (χ0v) is 15.7. The molecule has 0 atom stereocenters. The lowest BCUT2D eigenvalue weighted by Gasteiger charge is -2.37. The van der Waals surface area contributed by atoms with Gasteiger partial charge in [-0.2, -0.15) is 0 Å². The Morgan fingerprint density at radius 1 is 1.21 bits per heavy atom. The molecule has 24 heavy (non-hydrogen) atoms. The maximum Gasteiger partial charge on any atom is 0.402 e. The molecule has 0 unspecified atom stereocenters. The second kappa shape index (κ2) is 8.90. The molecule has 1 saturated heterocycles. The summed E-state index contributed by atoms with van der Waals surface area (Å²) in [6.45, 7) is 5.32. The van der Waals surface area contributed by atoms with Crippen LogP contribution in [0.15, 0.2) is 12.1 Å². The number of methoxy groups -OCH3 is 1. The van der Waals surface area contributed by atoms with Crippen LogP contribution in [0.3, 0.4) is 0 Å². The van der Waals surface area contributed by atoms with Crippen LogP contribution in [0, 0.1) is 0 Å². The number of unbranched alkanes of at least 4 members (excludes halogenated alkanes) is 2. The average molecular weight is 377 g/mol. The molecule has 0 aromatic heterocycles. The summed E-state index contributed by atoms with van der Waals surface area (Å²) in [7, 11) is 1.45. The fourth-order valence-electron chi connectivity index (χ4n) is 2.83. The smallest absolute Gasteiger partial charge is 0.402 e. The van der Waals surface area contributed by atoms with Crippen molar-refractivity contribution in [2.75, 3.05) is 40.0 Å². The molecule has 1 aliphatic rings. The van der Waals surface area contributed by atoms with E-state index in [9.17, 15) is 4.79 Å². The number of hydrogen-bond donors (Lipinski definition) is 0. The number of carbonyl (C=O) groups excluding carboxylic acids is 1. The van der Waals surface area contributed by atoms with E-state index in [2.05, 4.69) is 6.92 Å². The molecule has 1 aliphatic heterocycles. The first-order chi connectivity index (χ1) is 11.5. The molecule has 0 N–H and O–H groups in total. The second-order valence-corrected chi connectivity index (χ2v) is 6.68. The van der Waals surface area contributed by atoms with E-state index in [0.717, 1.165) is 25.8 Å². The molecule has 134 valence electrons. The Bertz CT molecular complexity index is 574. The van der Waals surface area contributed by atoms with Crippen molar-refractivity contribution >= 4 is 29.2 Å². The molecule has 0 aliphatic carbocycles. The van der Waals surface area contributed by atoms with Crippen LogP contribution in [0.5, 0.6) is 5.75 Å². The Hall–Kier alpha value is -1.01. The Morgan fingerprint density at radius 3 is 2.50 bits per heavy atom. The largest absolute Gasteiger partial charge is 0.494 e. The summed E-state index contributed by atoms with van der Waals surface area (Å²) in [4.78, 5) is 18.7. The second-order valence-electron chi connectivity index (χ2n) is 5.86. The zero-order valence-electron chi connectivity index (χ0n) is 14.1. The number of rotatable bonds is 7. The van der Waals surface area contributed by atoms with E-state index in [-0.39, 0.29) is 21.0 Å². The van der Waals surface area contributed by atoms with Crippen LogP contribution in [0.4, 0.5) is 0 Å². The molecule has 0 spiro atoms. The van der Waals surface area contributed by atoms with E-state index in [1.54, 1.807) is 12.1 Å². The van der Waals surface area contributed by atoms with Gasteiger partial charge in [0.1, 0.15) is 25.2 Å². The zero-order chi connectivity index (χ0) is 17.6. The molecule has 1 aromatic rings. The van der Waals surface area contributed by atoms with E-state index < -0.39 is 5.97 Å². The summed E-state index contributed by atoms with van der Waals surface area (Å²) in [6.07, 6.45) is 3.20. The number of morpholine rings is 1. The van der Waals surface area contributed by atoms with E-state index >= 15 is 0 Å². The Morgan fingerprint density at radius 2 is 1.88 bits per heavy atom. The number of hydrogen-bond acceptors (Lipinski definition) is 4. The highest BCUT2D eigenvalue weighted by atomic mass is 35.5. The van der Waals surface area contributed by atoms with Gasteiger partial charge in [-0.15, -0.1) is 4.65 Å². The quantitative estimate of drug-likeness (QED) is 0.530. The monoisotopic (exact) mass is 376 g/mol. The van der Waals surface area contributed by atoms with Gasteiger partial charge in [0.25, 0.3) is 0 Å². The molecule has 1 aromatic carbocycles. The fourth-order valence-corrected chi connectivity index (χ4v) is 3.29. The number of benzene rings is 1. The van der Waals surface area contributed by atoms with Crippen LogP contribution >= 0.6 is 23.2 Å². The highest BCUT2D eigenvalue weighted by molar-refractivity contribution is 6.37. The van der Waals surface area contributed by atoms with Crippen molar-refractivity contribution in [3.8, 4) is 5.75 Å². The summed E-state index contributed by atoms with van der Waals surface area (Å²) >= 11 is 12.3. The normalized spacial score (nSPS) is 16.7. The molecule has 0 saturated carbocycles. The number of halogens is 2. The first-order valence-electron chi connectivity index (χ1n) is 8.22. The van der Waals surface area contributed by atoms with Gasteiger partial charge in [-0.05, 0) is 18.6 Å². The molecule has 5 nitrogen and oxygen atoms in total. The maximum atomic E-state index is 12.8. The SMILES string of the molecule is CCCCC[N+]1(OC(=O)c2c(Cl)ccc(Cl)c2OC)CCOCC1. The van der Waals surface area contributed by atoms with E-state index in [4.69, 9.17) is 37.5 Å². The van der Waals surface area contributed by atoms with Crippen molar-refractivity contribution in [3.63, 3.8) is 0 Å². The van der Waals surface area contributed by atoms with Crippen molar-refractivity contribution < 1.29 is 23.8 Å². The Labute approximate surface area is 152 Å². The fraction of sp³-hybridized carbons (Fsp3) is 0.588. The van der Waals surface area contributed by atoms with Gasteiger partial charge in [0.2, 0.25) is 0 Å². The molecule has 7 heteroatoms. The van der Waals surface area contributed by atoms with Crippen LogP contribution < -0.4 is 4.74 Å². The molecular weight excluding hydrogens is 353 g/mol. The van der Waals surface area contributed by atoms with E-state index in [1.807, 2.05) is 0 Å². The highest BCUT2D eigenvalue weighted by Crippen LogP contribution is 2.35. The van der Waals surface area contributed by atoms with Crippen molar-refractivity contribution in [2.24, 2.45) is 0 Å². The number of carbonyl (C=O) groups is 1. The molecule has 1 heterocycles.